The van der Waals surface area contributed by atoms with Crippen LogP contribution in [0.5, 0.6) is 0 Å². The Hall–Kier alpha value is -2.38. The molecule has 1 atom stereocenters. The fourth-order valence-electron chi connectivity index (χ4n) is 3.35. The van der Waals surface area contributed by atoms with Gasteiger partial charge in [0.1, 0.15) is 11.6 Å². The molecule has 6 nitrogen and oxygen atoms in total. The van der Waals surface area contributed by atoms with E-state index in [-0.39, 0.29) is 24.1 Å². The van der Waals surface area contributed by atoms with Gasteiger partial charge in [-0.1, -0.05) is 13.3 Å². The smallest absolute Gasteiger partial charge is 0.237 e. The number of nitrogens with two attached hydrogens (primary N) is 1. The van der Waals surface area contributed by atoms with Crippen molar-refractivity contribution >= 4 is 29.8 Å². The predicted octanol–water partition coefficient (Wildman–Crippen LogP) is 2.71. The van der Waals surface area contributed by atoms with Crippen LogP contribution in [-0.2, 0) is 11.3 Å². The van der Waals surface area contributed by atoms with E-state index in [1.165, 1.54) is 12.1 Å². The highest BCUT2D eigenvalue weighted by atomic mass is 35.5. The molecule has 1 aromatic heterocycles. The largest absolute Gasteiger partial charge is 0.368 e. The number of piperazine rings is 1. The molecule has 0 spiro atoms. The number of nitrogens with one attached hydrogen (secondary N) is 1. The minimum absolute atomic E-state index is 0. The Labute approximate surface area is 177 Å². The number of rotatable bonds is 7. The summed E-state index contributed by atoms with van der Waals surface area (Å²) in [5.41, 5.74) is 7.89. The second kappa shape index (κ2) is 11.0. The van der Waals surface area contributed by atoms with Gasteiger partial charge in [0.25, 0.3) is 0 Å². The molecule has 1 aromatic carbocycles. The molecular weight excluding hydrogens is 393 g/mol. The van der Waals surface area contributed by atoms with Crippen LogP contribution in [0.3, 0.4) is 0 Å². The monoisotopic (exact) mass is 421 g/mol. The lowest BCUT2D eigenvalue weighted by atomic mass is 10.1. The van der Waals surface area contributed by atoms with Gasteiger partial charge in [0.05, 0.1) is 6.04 Å². The van der Waals surface area contributed by atoms with Gasteiger partial charge in [0.15, 0.2) is 0 Å². The molecule has 29 heavy (non-hydrogen) atoms. The molecule has 8 heteroatoms. The van der Waals surface area contributed by atoms with Crippen LogP contribution in [0.25, 0.3) is 0 Å². The molecule has 158 valence electrons. The number of carbonyl (C=O) groups is 1. The average Bonchev–Trinajstić information content (AvgIpc) is 2.73. The van der Waals surface area contributed by atoms with Gasteiger partial charge in [-0.2, -0.15) is 0 Å². The van der Waals surface area contributed by atoms with Crippen molar-refractivity contribution < 1.29 is 9.18 Å². The van der Waals surface area contributed by atoms with Crippen LogP contribution in [0.2, 0.25) is 0 Å². The van der Waals surface area contributed by atoms with Crippen molar-refractivity contribution in [3.8, 4) is 0 Å². The minimum Gasteiger partial charge on any atom is -0.368 e. The number of benzene rings is 1. The van der Waals surface area contributed by atoms with E-state index in [2.05, 4.69) is 20.1 Å². The van der Waals surface area contributed by atoms with Crippen LogP contribution in [-0.4, -0.2) is 43.1 Å². The Kier molecular flexibility index (Phi) is 8.67. The van der Waals surface area contributed by atoms with Crippen LogP contribution >= 0.6 is 12.4 Å². The van der Waals surface area contributed by atoms with Gasteiger partial charge in [-0.15, -0.1) is 12.4 Å². The van der Waals surface area contributed by atoms with Crippen molar-refractivity contribution in [1.29, 1.82) is 0 Å². The van der Waals surface area contributed by atoms with Gasteiger partial charge in [0, 0.05) is 44.6 Å². The van der Waals surface area contributed by atoms with E-state index < -0.39 is 6.04 Å². The van der Waals surface area contributed by atoms with Crippen LogP contribution in [0.1, 0.15) is 25.3 Å². The first-order chi connectivity index (χ1) is 13.6. The quantitative estimate of drug-likeness (QED) is 0.719. The molecule has 1 saturated heterocycles. The lowest BCUT2D eigenvalue weighted by molar-refractivity contribution is -0.122. The molecule has 3 N–H and O–H groups in total. The molecular formula is C21H29ClFN5O. The summed E-state index contributed by atoms with van der Waals surface area (Å²) in [5, 5.41) is 2.90. The molecule has 1 unspecified atom stereocenters. The van der Waals surface area contributed by atoms with Gasteiger partial charge < -0.3 is 20.9 Å². The molecule has 3 rings (SSSR count). The highest BCUT2D eigenvalue weighted by molar-refractivity contribution is 5.85. The lowest BCUT2D eigenvalue weighted by Crippen LogP contribution is -2.46. The van der Waals surface area contributed by atoms with E-state index in [0.717, 1.165) is 49.7 Å². The first-order valence-corrected chi connectivity index (χ1v) is 9.80. The maximum Gasteiger partial charge on any atom is 0.237 e. The second-order valence-corrected chi connectivity index (χ2v) is 7.09. The second-order valence-electron chi connectivity index (χ2n) is 7.09. The number of aromatic nitrogens is 1. The number of amides is 1. The van der Waals surface area contributed by atoms with Gasteiger partial charge in [0.2, 0.25) is 5.91 Å². The van der Waals surface area contributed by atoms with Crippen molar-refractivity contribution in [3.05, 3.63) is 54.0 Å². The number of carbonyl (C=O) groups excluding carboxylic acids is 1. The number of hydrogen-bond donors (Lipinski definition) is 2. The normalized spacial score (nSPS) is 14.9. The standard InChI is InChI=1S/C21H28FN5O.ClH/c1-2-3-19(23)21(28)25-15-16-8-9-24-20(14-16)27-12-10-26(11-13-27)18-6-4-17(22)5-7-18;/h4-9,14,19H,2-3,10-13,15,23H2,1H3,(H,25,28);1H. The molecule has 1 aliphatic heterocycles. The summed E-state index contributed by atoms with van der Waals surface area (Å²) in [7, 11) is 0. The first-order valence-electron chi connectivity index (χ1n) is 9.80. The summed E-state index contributed by atoms with van der Waals surface area (Å²) in [6.45, 7) is 5.82. The number of nitrogens with zero attached hydrogens (tertiary/aromatic N) is 3. The van der Waals surface area contributed by atoms with E-state index in [1.807, 2.05) is 31.2 Å². The Morgan fingerprint density at radius 1 is 1.17 bits per heavy atom. The fraction of sp³-hybridized carbons (Fsp3) is 0.429. The van der Waals surface area contributed by atoms with E-state index in [1.54, 1.807) is 6.20 Å². The summed E-state index contributed by atoms with van der Waals surface area (Å²) >= 11 is 0. The Balaban J connectivity index is 0.00000300. The highest BCUT2D eigenvalue weighted by Gasteiger charge is 2.19. The third-order valence-corrected chi connectivity index (χ3v) is 5.01. The van der Waals surface area contributed by atoms with E-state index in [9.17, 15) is 9.18 Å². The summed E-state index contributed by atoms with van der Waals surface area (Å²) in [6, 6.07) is 10.1. The van der Waals surface area contributed by atoms with Gasteiger partial charge in [-0.3, -0.25) is 4.79 Å². The molecule has 0 saturated carbocycles. The van der Waals surface area contributed by atoms with Gasteiger partial charge in [-0.05, 0) is 48.4 Å². The van der Waals surface area contributed by atoms with E-state index in [4.69, 9.17) is 5.73 Å². The predicted molar refractivity (Wildman–Crippen MR) is 117 cm³/mol. The van der Waals surface area contributed by atoms with Crippen molar-refractivity contribution in [2.45, 2.75) is 32.4 Å². The third-order valence-electron chi connectivity index (χ3n) is 5.01. The zero-order valence-electron chi connectivity index (χ0n) is 16.7. The summed E-state index contributed by atoms with van der Waals surface area (Å²) < 4.78 is 13.1. The molecule has 1 aliphatic rings. The molecule has 0 radical (unpaired) electrons. The number of pyridine rings is 1. The topological polar surface area (TPSA) is 74.5 Å². The molecule has 0 aliphatic carbocycles. The van der Waals surface area contributed by atoms with Crippen molar-refractivity contribution in [2.24, 2.45) is 5.73 Å². The molecule has 2 aromatic rings. The first kappa shape index (κ1) is 22.9. The zero-order valence-corrected chi connectivity index (χ0v) is 17.5. The van der Waals surface area contributed by atoms with Crippen LogP contribution < -0.4 is 20.9 Å². The van der Waals surface area contributed by atoms with Crippen LogP contribution in [0.4, 0.5) is 15.9 Å². The number of hydrogen-bond acceptors (Lipinski definition) is 5. The SMILES string of the molecule is CCCC(N)C(=O)NCc1ccnc(N2CCN(c3ccc(F)cc3)CC2)c1.Cl. The van der Waals surface area contributed by atoms with Crippen molar-refractivity contribution in [2.75, 3.05) is 36.0 Å². The Morgan fingerprint density at radius 3 is 2.48 bits per heavy atom. The zero-order chi connectivity index (χ0) is 19.9. The minimum atomic E-state index is -0.453. The number of anilines is 2. The van der Waals surface area contributed by atoms with E-state index >= 15 is 0 Å². The van der Waals surface area contributed by atoms with Crippen molar-refractivity contribution in [1.82, 2.24) is 10.3 Å². The van der Waals surface area contributed by atoms with Gasteiger partial charge in [-0.25, -0.2) is 9.37 Å². The third kappa shape index (κ3) is 6.30. The lowest BCUT2D eigenvalue weighted by Gasteiger charge is -2.36. The molecule has 0 bridgehead atoms. The number of halogens is 2. The summed E-state index contributed by atoms with van der Waals surface area (Å²) in [6.07, 6.45) is 3.35. The maximum absolute atomic E-state index is 13.1. The Morgan fingerprint density at radius 2 is 1.83 bits per heavy atom. The van der Waals surface area contributed by atoms with Crippen LogP contribution in [0.15, 0.2) is 42.6 Å². The fourth-order valence-corrected chi connectivity index (χ4v) is 3.35. The maximum atomic E-state index is 13.1. The van der Waals surface area contributed by atoms with Crippen LogP contribution in [0, 0.1) is 5.82 Å². The Bertz CT molecular complexity index is 781. The molecule has 1 amide bonds. The van der Waals surface area contributed by atoms with Gasteiger partial charge >= 0.3 is 0 Å². The highest BCUT2D eigenvalue weighted by Crippen LogP contribution is 2.20. The molecule has 1 fully saturated rings. The summed E-state index contributed by atoms with van der Waals surface area (Å²) in [4.78, 5) is 21.0. The summed E-state index contributed by atoms with van der Waals surface area (Å²) in [5.74, 6) is 0.572. The van der Waals surface area contributed by atoms with Crippen molar-refractivity contribution in [3.63, 3.8) is 0 Å². The molecule has 2 heterocycles. The average molecular weight is 422 g/mol. The van der Waals surface area contributed by atoms with E-state index in [0.29, 0.717) is 13.0 Å².